The molecule has 0 radical (unpaired) electrons. The summed E-state index contributed by atoms with van der Waals surface area (Å²) in [5.41, 5.74) is 6.68. The third-order valence-corrected chi connectivity index (χ3v) is 3.01. The molecule has 84 valence electrons. The van der Waals surface area contributed by atoms with Crippen LogP contribution in [-0.2, 0) is 0 Å². The van der Waals surface area contributed by atoms with Crippen LogP contribution in [0.3, 0.4) is 0 Å². The molecule has 15 heavy (non-hydrogen) atoms. The lowest BCUT2D eigenvalue weighted by Crippen LogP contribution is -2.14. The van der Waals surface area contributed by atoms with Crippen LogP contribution in [-0.4, -0.2) is 33.7 Å². The Hall–Kier alpha value is -0.620. The summed E-state index contributed by atoms with van der Waals surface area (Å²) in [4.78, 5) is 4.20. The molecule has 0 aliphatic rings. The van der Waals surface area contributed by atoms with Gasteiger partial charge in [-0.2, -0.15) is 0 Å². The lowest BCUT2D eigenvalue weighted by atomic mass is 10.2. The van der Waals surface area contributed by atoms with E-state index in [1.165, 1.54) is 11.8 Å². The van der Waals surface area contributed by atoms with Crippen molar-refractivity contribution in [3.8, 4) is 0 Å². The minimum atomic E-state index is -0.690. The zero-order chi connectivity index (χ0) is 11.3. The van der Waals surface area contributed by atoms with Gasteiger partial charge in [-0.05, 0) is 18.6 Å². The standard InChI is InChI=1S/C10H16N2O2S/c1-7(11)8-2-3-10(12-4-8)15-6-9(14)5-13/h2-4,7,9,13-14H,5-6,11H2,1H3/t7-,9?/m1/s1. The highest BCUT2D eigenvalue weighted by atomic mass is 32.2. The third kappa shape index (κ3) is 4.17. The fourth-order valence-corrected chi connectivity index (χ4v) is 1.74. The van der Waals surface area contributed by atoms with Crippen molar-refractivity contribution in [1.82, 2.24) is 4.98 Å². The molecule has 1 heterocycles. The number of aliphatic hydroxyl groups is 2. The zero-order valence-electron chi connectivity index (χ0n) is 8.63. The van der Waals surface area contributed by atoms with Crippen LogP contribution < -0.4 is 5.73 Å². The Morgan fingerprint density at radius 1 is 1.53 bits per heavy atom. The highest BCUT2D eigenvalue weighted by molar-refractivity contribution is 7.99. The summed E-state index contributed by atoms with van der Waals surface area (Å²) >= 11 is 1.41. The van der Waals surface area contributed by atoms with Crippen molar-refractivity contribution in [3.63, 3.8) is 0 Å². The Morgan fingerprint density at radius 2 is 2.27 bits per heavy atom. The molecule has 4 nitrogen and oxygen atoms in total. The average molecular weight is 228 g/mol. The number of thioether (sulfide) groups is 1. The van der Waals surface area contributed by atoms with Crippen molar-refractivity contribution in [3.05, 3.63) is 23.9 Å². The SMILES string of the molecule is C[C@@H](N)c1ccc(SCC(O)CO)nc1. The van der Waals surface area contributed by atoms with Gasteiger partial charge in [0.1, 0.15) is 0 Å². The van der Waals surface area contributed by atoms with Crippen molar-refractivity contribution in [2.24, 2.45) is 5.73 Å². The lowest BCUT2D eigenvalue weighted by molar-refractivity contribution is 0.113. The molecule has 0 saturated carbocycles. The summed E-state index contributed by atoms with van der Waals surface area (Å²) in [7, 11) is 0. The van der Waals surface area contributed by atoms with Crippen LogP contribution in [0.2, 0.25) is 0 Å². The fourth-order valence-electron chi connectivity index (χ4n) is 0.981. The predicted molar refractivity (Wildman–Crippen MR) is 60.7 cm³/mol. The number of pyridine rings is 1. The number of rotatable bonds is 5. The minimum Gasteiger partial charge on any atom is -0.394 e. The number of aromatic nitrogens is 1. The Balaban J connectivity index is 2.50. The molecule has 1 rings (SSSR count). The second-order valence-corrected chi connectivity index (χ2v) is 4.41. The van der Waals surface area contributed by atoms with Crippen LogP contribution in [0.1, 0.15) is 18.5 Å². The largest absolute Gasteiger partial charge is 0.394 e. The van der Waals surface area contributed by atoms with Crippen LogP contribution >= 0.6 is 11.8 Å². The highest BCUT2D eigenvalue weighted by Gasteiger charge is 2.04. The highest BCUT2D eigenvalue weighted by Crippen LogP contribution is 2.17. The van der Waals surface area contributed by atoms with Gasteiger partial charge in [0.2, 0.25) is 0 Å². The lowest BCUT2D eigenvalue weighted by Gasteiger charge is -2.07. The number of nitrogens with zero attached hydrogens (tertiary/aromatic N) is 1. The van der Waals surface area contributed by atoms with Gasteiger partial charge in [0.05, 0.1) is 17.7 Å². The molecule has 2 atom stereocenters. The molecule has 0 amide bonds. The second-order valence-electron chi connectivity index (χ2n) is 3.37. The molecule has 0 spiro atoms. The van der Waals surface area contributed by atoms with E-state index in [1.807, 2.05) is 19.1 Å². The van der Waals surface area contributed by atoms with Gasteiger partial charge in [-0.3, -0.25) is 0 Å². The quantitative estimate of drug-likeness (QED) is 0.641. The average Bonchev–Trinajstić information content (AvgIpc) is 2.26. The van der Waals surface area contributed by atoms with E-state index >= 15 is 0 Å². The minimum absolute atomic E-state index is 0.0143. The Kier molecular flexibility index (Phi) is 5.04. The van der Waals surface area contributed by atoms with E-state index in [9.17, 15) is 0 Å². The molecular weight excluding hydrogens is 212 g/mol. The first-order valence-corrected chi connectivity index (χ1v) is 5.75. The van der Waals surface area contributed by atoms with E-state index in [1.54, 1.807) is 6.20 Å². The summed E-state index contributed by atoms with van der Waals surface area (Å²) in [5.74, 6) is 0.445. The van der Waals surface area contributed by atoms with Crippen molar-refractivity contribution < 1.29 is 10.2 Å². The Labute approximate surface area is 93.5 Å². The smallest absolute Gasteiger partial charge is 0.0960 e. The fraction of sp³-hybridized carbons (Fsp3) is 0.500. The maximum absolute atomic E-state index is 9.14. The number of hydrogen-bond donors (Lipinski definition) is 3. The van der Waals surface area contributed by atoms with Crippen molar-refractivity contribution in [2.75, 3.05) is 12.4 Å². The summed E-state index contributed by atoms with van der Waals surface area (Å²) < 4.78 is 0. The van der Waals surface area contributed by atoms with Gasteiger partial charge in [0, 0.05) is 18.0 Å². The zero-order valence-corrected chi connectivity index (χ0v) is 9.44. The van der Waals surface area contributed by atoms with Crippen molar-refractivity contribution in [2.45, 2.75) is 24.1 Å². The first-order valence-electron chi connectivity index (χ1n) is 4.76. The molecule has 1 aromatic rings. The topological polar surface area (TPSA) is 79.4 Å². The number of aliphatic hydroxyl groups excluding tert-OH is 2. The maximum Gasteiger partial charge on any atom is 0.0960 e. The van der Waals surface area contributed by atoms with Gasteiger partial charge in [-0.1, -0.05) is 6.07 Å². The van der Waals surface area contributed by atoms with E-state index in [0.717, 1.165) is 10.6 Å². The van der Waals surface area contributed by atoms with Crippen LogP contribution in [0.15, 0.2) is 23.4 Å². The third-order valence-electron chi connectivity index (χ3n) is 1.92. The molecule has 0 aliphatic carbocycles. The van der Waals surface area contributed by atoms with Crippen LogP contribution in [0.5, 0.6) is 0 Å². The molecular formula is C10H16N2O2S. The van der Waals surface area contributed by atoms with Crippen LogP contribution in [0.25, 0.3) is 0 Å². The van der Waals surface area contributed by atoms with Crippen LogP contribution in [0.4, 0.5) is 0 Å². The Bertz CT molecular complexity index is 290. The molecule has 4 N–H and O–H groups in total. The number of nitrogens with two attached hydrogens (primary N) is 1. The van der Waals surface area contributed by atoms with Gasteiger partial charge in [-0.25, -0.2) is 4.98 Å². The summed E-state index contributed by atoms with van der Waals surface area (Å²) in [5, 5.41) is 18.6. The molecule has 0 bridgehead atoms. The first kappa shape index (κ1) is 12.4. The molecule has 1 aromatic heterocycles. The Morgan fingerprint density at radius 3 is 2.73 bits per heavy atom. The summed E-state index contributed by atoms with van der Waals surface area (Å²) in [6.07, 6.45) is 1.04. The number of hydrogen-bond acceptors (Lipinski definition) is 5. The van der Waals surface area contributed by atoms with Gasteiger partial charge in [0.15, 0.2) is 0 Å². The second kappa shape index (κ2) is 6.07. The van der Waals surface area contributed by atoms with Gasteiger partial charge >= 0.3 is 0 Å². The molecule has 0 aliphatic heterocycles. The maximum atomic E-state index is 9.14. The van der Waals surface area contributed by atoms with E-state index < -0.39 is 6.10 Å². The molecule has 5 heteroatoms. The van der Waals surface area contributed by atoms with E-state index in [-0.39, 0.29) is 12.6 Å². The summed E-state index contributed by atoms with van der Waals surface area (Å²) in [6.45, 7) is 1.68. The van der Waals surface area contributed by atoms with Crippen molar-refractivity contribution in [1.29, 1.82) is 0 Å². The molecule has 1 unspecified atom stereocenters. The van der Waals surface area contributed by atoms with E-state index in [0.29, 0.717) is 5.75 Å². The van der Waals surface area contributed by atoms with E-state index in [2.05, 4.69) is 4.98 Å². The molecule has 0 saturated heterocycles. The van der Waals surface area contributed by atoms with E-state index in [4.69, 9.17) is 15.9 Å². The summed E-state index contributed by atoms with van der Waals surface area (Å²) in [6, 6.07) is 3.78. The van der Waals surface area contributed by atoms with Crippen molar-refractivity contribution >= 4 is 11.8 Å². The monoisotopic (exact) mass is 228 g/mol. The van der Waals surface area contributed by atoms with Gasteiger partial charge in [0.25, 0.3) is 0 Å². The van der Waals surface area contributed by atoms with Gasteiger partial charge < -0.3 is 15.9 Å². The molecule has 0 fully saturated rings. The first-order chi connectivity index (χ1) is 7.13. The van der Waals surface area contributed by atoms with Crippen LogP contribution in [0, 0.1) is 0 Å². The van der Waals surface area contributed by atoms with Gasteiger partial charge in [-0.15, -0.1) is 11.8 Å². The predicted octanol–water partition coefficient (Wildman–Crippen LogP) is 0.547. The molecule has 0 aromatic carbocycles. The normalized spacial score (nSPS) is 14.9.